The molecule has 4 nitrogen and oxygen atoms in total. The molecule has 110 valence electrons. The van der Waals surface area contributed by atoms with Crippen LogP contribution in [0.15, 0.2) is 47.2 Å². The highest BCUT2D eigenvalue weighted by atomic mass is 32.1. The zero-order valence-electron chi connectivity index (χ0n) is 11.7. The van der Waals surface area contributed by atoms with Gasteiger partial charge in [0.05, 0.1) is 6.42 Å². The molecule has 0 aliphatic carbocycles. The summed E-state index contributed by atoms with van der Waals surface area (Å²) in [6, 6.07) is 10.8. The third kappa shape index (κ3) is 3.70. The Hall–Kier alpha value is -2.14. The van der Waals surface area contributed by atoms with Crippen molar-refractivity contribution in [2.24, 2.45) is 0 Å². The number of carboxylic acid groups (broad SMARTS) is 1. The number of carboxylic acids is 1. The lowest BCUT2D eigenvalue weighted by Crippen LogP contribution is -2.44. The minimum Gasteiger partial charge on any atom is -0.481 e. The van der Waals surface area contributed by atoms with Gasteiger partial charge in [0.1, 0.15) is 5.41 Å². The van der Waals surface area contributed by atoms with E-state index in [2.05, 4.69) is 5.32 Å². The zero-order valence-corrected chi connectivity index (χ0v) is 12.5. The molecule has 0 bridgehead atoms. The molecule has 5 heteroatoms. The molecule has 0 aliphatic rings. The number of benzene rings is 1. The minimum atomic E-state index is -1.13. The van der Waals surface area contributed by atoms with E-state index in [1.54, 1.807) is 31.2 Å². The summed E-state index contributed by atoms with van der Waals surface area (Å²) >= 11 is 1.53. The van der Waals surface area contributed by atoms with Gasteiger partial charge in [-0.2, -0.15) is 11.3 Å². The molecule has 0 aliphatic heterocycles. The molecule has 0 radical (unpaired) electrons. The van der Waals surface area contributed by atoms with Gasteiger partial charge in [-0.3, -0.25) is 9.59 Å². The number of aliphatic carboxylic acids is 1. The molecule has 1 unspecified atom stereocenters. The summed E-state index contributed by atoms with van der Waals surface area (Å²) in [6.45, 7) is 1.69. The lowest BCUT2D eigenvalue weighted by molar-refractivity contribution is -0.143. The van der Waals surface area contributed by atoms with Crippen molar-refractivity contribution in [2.75, 3.05) is 6.54 Å². The second-order valence-corrected chi connectivity index (χ2v) is 5.87. The Morgan fingerprint density at radius 1 is 1.24 bits per heavy atom. The van der Waals surface area contributed by atoms with Gasteiger partial charge in [0.15, 0.2) is 0 Å². The SMILES string of the molecule is CC(CNC(=O)Cc1ccsc1)(C(=O)O)c1ccccc1. The molecule has 0 spiro atoms. The minimum absolute atomic E-state index is 0.0648. The summed E-state index contributed by atoms with van der Waals surface area (Å²) in [5.41, 5.74) is 0.480. The maximum absolute atomic E-state index is 11.9. The van der Waals surface area contributed by atoms with Gasteiger partial charge in [-0.1, -0.05) is 30.3 Å². The van der Waals surface area contributed by atoms with E-state index in [4.69, 9.17) is 0 Å². The normalized spacial score (nSPS) is 13.4. The summed E-state index contributed by atoms with van der Waals surface area (Å²) in [7, 11) is 0. The van der Waals surface area contributed by atoms with Crippen LogP contribution in [0.3, 0.4) is 0 Å². The van der Waals surface area contributed by atoms with Gasteiger partial charge < -0.3 is 10.4 Å². The number of hydrogen-bond donors (Lipinski definition) is 2. The van der Waals surface area contributed by atoms with E-state index in [0.717, 1.165) is 5.56 Å². The predicted molar refractivity (Wildman–Crippen MR) is 82.5 cm³/mol. The van der Waals surface area contributed by atoms with E-state index >= 15 is 0 Å². The maximum Gasteiger partial charge on any atom is 0.315 e. The number of carbonyl (C=O) groups is 2. The molecule has 1 amide bonds. The number of rotatable bonds is 6. The number of carbonyl (C=O) groups excluding carboxylic acids is 1. The number of amides is 1. The van der Waals surface area contributed by atoms with Gasteiger partial charge in [-0.15, -0.1) is 0 Å². The van der Waals surface area contributed by atoms with Crippen molar-refractivity contribution in [2.45, 2.75) is 18.8 Å². The summed E-state index contributed by atoms with van der Waals surface area (Å²) in [6.07, 6.45) is 0.272. The third-order valence-electron chi connectivity index (χ3n) is 3.47. The summed E-state index contributed by atoms with van der Waals surface area (Å²) < 4.78 is 0. The monoisotopic (exact) mass is 303 g/mol. The van der Waals surface area contributed by atoms with E-state index in [-0.39, 0.29) is 18.9 Å². The van der Waals surface area contributed by atoms with E-state index < -0.39 is 11.4 Å². The average Bonchev–Trinajstić information content (AvgIpc) is 2.98. The highest BCUT2D eigenvalue weighted by Gasteiger charge is 2.35. The molecule has 1 aromatic carbocycles. The fourth-order valence-corrected chi connectivity index (χ4v) is 2.69. The van der Waals surface area contributed by atoms with Crippen molar-refractivity contribution < 1.29 is 14.7 Å². The van der Waals surface area contributed by atoms with Crippen LogP contribution >= 0.6 is 11.3 Å². The van der Waals surface area contributed by atoms with Crippen LogP contribution in [0.25, 0.3) is 0 Å². The van der Waals surface area contributed by atoms with Gasteiger partial charge in [-0.25, -0.2) is 0 Å². The Balaban J connectivity index is 2.04. The van der Waals surface area contributed by atoms with Crippen LogP contribution in [0, 0.1) is 0 Å². The fraction of sp³-hybridized carbons (Fsp3) is 0.250. The second kappa shape index (κ2) is 6.54. The first-order chi connectivity index (χ1) is 10.0. The quantitative estimate of drug-likeness (QED) is 0.861. The predicted octanol–water partition coefficient (Wildman–Crippen LogP) is 2.45. The van der Waals surface area contributed by atoms with Crippen molar-refractivity contribution in [3.8, 4) is 0 Å². The van der Waals surface area contributed by atoms with Crippen LogP contribution in [0.1, 0.15) is 18.1 Å². The molecule has 0 saturated carbocycles. The van der Waals surface area contributed by atoms with Crippen LogP contribution in [-0.4, -0.2) is 23.5 Å². The maximum atomic E-state index is 11.9. The summed E-state index contributed by atoms with van der Waals surface area (Å²) in [5.74, 6) is -1.12. The highest BCUT2D eigenvalue weighted by molar-refractivity contribution is 7.07. The first kappa shape index (κ1) is 15.3. The van der Waals surface area contributed by atoms with Crippen molar-refractivity contribution in [3.63, 3.8) is 0 Å². The lowest BCUT2D eigenvalue weighted by atomic mass is 9.82. The topological polar surface area (TPSA) is 66.4 Å². The smallest absolute Gasteiger partial charge is 0.315 e. The van der Waals surface area contributed by atoms with Gasteiger partial charge in [-0.05, 0) is 34.9 Å². The van der Waals surface area contributed by atoms with Gasteiger partial charge in [0.25, 0.3) is 0 Å². The van der Waals surface area contributed by atoms with E-state index in [1.807, 2.05) is 22.9 Å². The first-order valence-electron chi connectivity index (χ1n) is 6.59. The Morgan fingerprint density at radius 2 is 1.95 bits per heavy atom. The molecule has 1 aromatic heterocycles. The van der Waals surface area contributed by atoms with E-state index in [9.17, 15) is 14.7 Å². The third-order valence-corrected chi connectivity index (χ3v) is 4.20. The molecule has 2 aromatic rings. The van der Waals surface area contributed by atoms with Gasteiger partial charge in [0.2, 0.25) is 5.91 Å². The Labute approximate surface area is 127 Å². The highest BCUT2D eigenvalue weighted by Crippen LogP contribution is 2.23. The molecular formula is C16H17NO3S. The Bertz CT molecular complexity index is 610. The molecule has 2 rings (SSSR count). The standard InChI is InChI=1S/C16H17NO3S/c1-16(15(19)20,13-5-3-2-4-6-13)11-17-14(18)9-12-7-8-21-10-12/h2-8,10H,9,11H2,1H3,(H,17,18)(H,19,20). The molecule has 2 N–H and O–H groups in total. The number of thiophene rings is 1. The van der Waals surface area contributed by atoms with Crippen molar-refractivity contribution in [3.05, 3.63) is 58.3 Å². The lowest BCUT2D eigenvalue weighted by Gasteiger charge is -2.25. The van der Waals surface area contributed by atoms with Crippen LogP contribution in [0.4, 0.5) is 0 Å². The van der Waals surface area contributed by atoms with Crippen molar-refractivity contribution in [1.29, 1.82) is 0 Å². The second-order valence-electron chi connectivity index (χ2n) is 5.09. The molecular weight excluding hydrogens is 286 g/mol. The first-order valence-corrected chi connectivity index (χ1v) is 7.53. The largest absolute Gasteiger partial charge is 0.481 e. The van der Waals surface area contributed by atoms with Crippen LogP contribution in [-0.2, 0) is 21.4 Å². The Kier molecular flexibility index (Phi) is 4.75. The van der Waals surface area contributed by atoms with Gasteiger partial charge in [0, 0.05) is 6.54 Å². The molecule has 0 fully saturated rings. The molecule has 0 saturated heterocycles. The summed E-state index contributed by atoms with van der Waals surface area (Å²) in [4.78, 5) is 23.5. The van der Waals surface area contributed by atoms with Gasteiger partial charge >= 0.3 is 5.97 Å². The molecule has 1 atom stereocenters. The number of nitrogens with one attached hydrogen (secondary N) is 1. The van der Waals surface area contributed by atoms with Crippen LogP contribution in [0.5, 0.6) is 0 Å². The summed E-state index contributed by atoms with van der Waals surface area (Å²) in [5, 5.41) is 16.1. The molecule has 1 heterocycles. The zero-order chi connectivity index (χ0) is 15.3. The number of hydrogen-bond acceptors (Lipinski definition) is 3. The average molecular weight is 303 g/mol. The van der Waals surface area contributed by atoms with Crippen LogP contribution in [0.2, 0.25) is 0 Å². The molecule has 21 heavy (non-hydrogen) atoms. The van der Waals surface area contributed by atoms with E-state index in [1.165, 1.54) is 11.3 Å². The van der Waals surface area contributed by atoms with Crippen molar-refractivity contribution >= 4 is 23.2 Å². The van der Waals surface area contributed by atoms with Crippen molar-refractivity contribution in [1.82, 2.24) is 5.32 Å². The van der Waals surface area contributed by atoms with E-state index in [0.29, 0.717) is 5.56 Å². The van der Waals surface area contributed by atoms with Crippen LogP contribution < -0.4 is 5.32 Å². The Morgan fingerprint density at radius 3 is 2.52 bits per heavy atom. The fourth-order valence-electron chi connectivity index (χ4n) is 2.02.